The zero-order chi connectivity index (χ0) is 20.3. The quantitative estimate of drug-likeness (QED) is 0.754. The van der Waals surface area contributed by atoms with Crippen molar-refractivity contribution < 1.29 is 9.53 Å². The van der Waals surface area contributed by atoms with E-state index in [4.69, 9.17) is 4.74 Å². The average Bonchev–Trinajstić information content (AvgIpc) is 2.95. The van der Waals surface area contributed by atoms with Crippen molar-refractivity contribution in [2.75, 3.05) is 26.2 Å². The van der Waals surface area contributed by atoms with Gasteiger partial charge in [0.1, 0.15) is 11.4 Å². The second-order valence-corrected chi connectivity index (χ2v) is 8.87. The first-order chi connectivity index (χ1) is 14.8. The van der Waals surface area contributed by atoms with Crippen LogP contribution < -0.4 is 4.74 Å². The Morgan fingerprint density at radius 2 is 1.70 bits per heavy atom. The molecule has 1 aromatic heterocycles. The van der Waals surface area contributed by atoms with Crippen LogP contribution in [0.4, 0.5) is 0 Å². The summed E-state index contributed by atoms with van der Waals surface area (Å²) in [5.74, 6) is 1.31. The highest BCUT2D eigenvalue weighted by atomic mass is 16.5. The second kappa shape index (κ2) is 8.76. The fraction of sp³-hybridized carbons (Fsp3) is 0.520. The van der Waals surface area contributed by atoms with Crippen LogP contribution in [0.15, 0.2) is 36.4 Å². The maximum absolute atomic E-state index is 12.8. The Balaban J connectivity index is 1.27. The molecule has 1 aliphatic carbocycles. The molecule has 5 nitrogen and oxygen atoms in total. The van der Waals surface area contributed by atoms with Crippen LogP contribution in [-0.4, -0.2) is 52.9 Å². The van der Waals surface area contributed by atoms with E-state index >= 15 is 0 Å². The number of aromatic nitrogens is 1. The van der Waals surface area contributed by atoms with E-state index in [1.807, 2.05) is 23.1 Å². The molecule has 1 saturated heterocycles. The van der Waals surface area contributed by atoms with E-state index in [1.54, 1.807) is 6.07 Å². The van der Waals surface area contributed by atoms with E-state index in [0.717, 1.165) is 57.1 Å². The van der Waals surface area contributed by atoms with E-state index in [-0.39, 0.29) is 5.91 Å². The molecular formula is C25H31N3O2. The average molecular weight is 406 g/mol. The van der Waals surface area contributed by atoms with Crippen molar-refractivity contribution in [3.05, 3.63) is 53.2 Å². The Hall–Kier alpha value is -2.40. The van der Waals surface area contributed by atoms with Gasteiger partial charge in [-0.3, -0.25) is 9.69 Å². The van der Waals surface area contributed by atoms with E-state index < -0.39 is 0 Å². The van der Waals surface area contributed by atoms with Gasteiger partial charge in [0, 0.05) is 38.3 Å². The lowest BCUT2D eigenvalue weighted by molar-refractivity contribution is 0.0717. The monoisotopic (exact) mass is 405 g/mol. The molecule has 1 saturated carbocycles. The molecule has 2 aliphatic heterocycles. The Morgan fingerprint density at radius 3 is 2.47 bits per heavy atom. The van der Waals surface area contributed by atoms with E-state index in [1.165, 1.54) is 43.4 Å². The highest BCUT2D eigenvalue weighted by Gasteiger charge is 2.26. The largest absolute Gasteiger partial charge is 0.439 e. The summed E-state index contributed by atoms with van der Waals surface area (Å²) in [6.07, 6.45) is 9.67. The molecule has 3 heterocycles. The van der Waals surface area contributed by atoms with Gasteiger partial charge in [0.2, 0.25) is 5.88 Å². The van der Waals surface area contributed by atoms with E-state index in [0.29, 0.717) is 11.6 Å². The van der Waals surface area contributed by atoms with Crippen LogP contribution in [0, 0.1) is 0 Å². The van der Waals surface area contributed by atoms with Gasteiger partial charge in [-0.2, -0.15) is 0 Å². The van der Waals surface area contributed by atoms with E-state index in [2.05, 4.69) is 22.0 Å². The molecule has 0 radical (unpaired) electrons. The van der Waals surface area contributed by atoms with Gasteiger partial charge in [-0.05, 0) is 74.3 Å². The minimum atomic E-state index is 0.0122. The third kappa shape index (κ3) is 4.22. The number of piperidine rings is 1. The van der Waals surface area contributed by atoms with Crippen molar-refractivity contribution in [3.8, 4) is 11.6 Å². The van der Waals surface area contributed by atoms with Crippen molar-refractivity contribution in [2.45, 2.75) is 57.4 Å². The zero-order valence-corrected chi connectivity index (χ0v) is 17.7. The highest BCUT2D eigenvalue weighted by Crippen LogP contribution is 2.29. The maximum Gasteiger partial charge on any atom is 0.272 e. The van der Waals surface area contributed by atoms with Crippen molar-refractivity contribution >= 4 is 5.91 Å². The molecule has 1 aromatic carbocycles. The molecular weight excluding hydrogens is 374 g/mol. The number of likely N-dealkylation sites (tertiary alicyclic amines) is 1. The number of fused-ring (bicyclic) bond motifs is 1. The fourth-order valence-electron chi connectivity index (χ4n) is 4.87. The number of nitrogens with zero attached hydrogens (tertiary/aromatic N) is 3. The number of benzene rings is 1. The third-order valence-electron chi connectivity index (χ3n) is 6.91. The molecule has 1 amide bonds. The van der Waals surface area contributed by atoms with Gasteiger partial charge < -0.3 is 9.64 Å². The first-order valence-electron chi connectivity index (χ1n) is 11.6. The Labute approximate surface area is 179 Å². The van der Waals surface area contributed by atoms with Gasteiger partial charge in [-0.1, -0.05) is 18.6 Å². The van der Waals surface area contributed by atoms with Gasteiger partial charge in [0.25, 0.3) is 5.91 Å². The smallest absolute Gasteiger partial charge is 0.272 e. The summed E-state index contributed by atoms with van der Waals surface area (Å²) in [6, 6.07) is 12.7. The van der Waals surface area contributed by atoms with E-state index in [9.17, 15) is 4.79 Å². The molecule has 30 heavy (non-hydrogen) atoms. The number of hydrogen-bond acceptors (Lipinski definition) is 4. The van der Waals surface area contributed by atoms with Crippen LogP contribution in [0.2, 0.25) is 0 Å². The lowest BCUT2D eigenvalue weighted by atomic mass is 9.91. The Bertz CT molecular complexity index is 903. The minimum Gasteiger partial charge on any atom is -0.439 e. The van der Waals surface area contributed by atoms with Gasteiger partial charge in [0.05, 0.1) is 0 Å². The zero-order valence-electron chi connectivity index (χ0n) is 17.7. The third-order valence-corrected chi connectivity index (χ3v) is 6.91. The predicted molar refractivity (Wildman–Crippen MR) is 117 cm³/mol. The van der Waals surface area contributed by atoms with Crippen LogP contribution in [0.1, 0.15) is 60.1 Å². The SMILES string of the molecule is O=C(c1cccc(Oc2ccc3c(c2)CCN(C2CCC2)CC3)n1)N1CCCCC1. The van der Waals surface area contributed by atoms with Crippen LogP contribution in [0.25, 0.3) is 0 Å². The summed E-state index contributed by atoms with van der Waals surface area (Å²) in [6.45, 7) is 3.96. The summed E-state index contributed by atoms with van der Waals surface area (Å²) < 4.78 is 6.07. The highest BCUT2D eigenvalue weighted by molar-refractivity contribution is 5.92. The van der Waals surface area contributed by atoms with Crippen LogP contribution in [-0.2, 0) is 12.8 Å². The molecule has 2 aromatic rings. The van der Waals surface area contributed by atoms with Crippen LogP contribution in [0.5, 0.6) is 11.6 Å². The van der Waals surface area contributed by atoms with Crippen molar-refractivity contribution in [1.82, 2.24) is 14.8 Å². The molecule has 5 rings (SSSR count). The van der Waals surface area contributed by atoms with Crippen LogP contribution >= 0.6 is 0 Å². The van der Waals surface area contributed by atoms with Gasteiger partial charge in [-0.25, -0.2) is 4.98 Å². The molecule has 2 fully saturated rings. The molecule has 0 bridgehead atoms. The second-order valence-electron chi connectivity index (χ2n) is 8.87. The fourth-order valence-corrected chi connectivity index (χ4v) is 4.87. The predicted octanol–water partition coefficient (Wildman–Crippen LogP) is 4.45. The Morgan fingerprint density at radius 1 is 0.900 bits per heavy atom. The number of rotatable bonds is 4. The van der Waals surface area contributed by atoms with Gasteiger partial charge in [0.15, 0.2) is 0 Å². The van der Waals surface area contributed by atoms with Crippen molar-refractivity contribution in [3.63, 3.8) is 0 Å². The number of pyridine rings is 1. The summed E-state index contributed by atoms with van der Waals surface area (Å²) >= 11 is 0. The summed E-state index contributed by atoms with van der Waals surface area (Å²) in [5, 5.41) is 0. The van der Waals surface area contributed by atoms with Crippen molar-refractivity contribution in [2.24, 2.45) is 0 Å². The number of carbonyl (C=O) groups is 1. The molecule has 158 valence electrons. The molecule has 0 atom stereocenters. The number of amides is 1. The minimum absolute atomic E-state index is 0.0122. The van der Waals surface area contributed by atoms with Crippen LogP contribution in [0.3, 0.4) is 0 Å². The number of hydrogen-bond donors (Lipinski definition) is 0. The number of carbonyl (C=O) groups excluding carboxylic acids is 1. The van der Waals surface area contributed by atoms with Gasteiger partial charge >= 0.3 is 0 Å². The lowest BCUT2D eigenvalue weighted by Gasteiger charge is -2.36. The first kappa shape index (κ1) is 19.6. The molecule has 3 aliphatic rings. The lowest BCUT2D eigenvalue weighted by Crippen LogP contribution is -2.41. The molecule has 0 spiro atoms. The van der Waals surface area contributed by atoms with Gasteiger partial charge in [-0.15, -0.1) is 0 Å². The topological polar surface area (TPSA) is 45.7 Å². The standard InChI is InChI=1S/C25H31N3O2/c29-25(28-14-2-1-3-15-28)23-8-5-9-24(26-23)30-22-11-10-19-12-16-27(21-6-4-7-21)17-13-20(19)18-22/h5,8-11,18,21H,1-4,6-7,12-17H2. The summed E-state index contributed by atoms with van der Waals surface area (Å²) in [4.78, 5) is 21.8. The van der Waals surface area contributed by atoms with Crippen molar-refractivity contribution in [1.29, 1.82) is 0 Å². The maximum atomic E-state index is 12.8. The Kier molecular flexibility index (Phi) is 5.71. The molecule has 0 unspecified atom stereocenters. The summed E-state index contributed by atoms with van der Waals surface area (Å²) in [7, 11) is 0. The normalized spacial score (nSPS) is 20.2. The molecule has 5 heteroatoms. The summed E-state index contributed by atoms with van der Waals surface area (Å²) in [5.41, 5.74) is 3.29. The first-order valence-corrected chi connectivity index (χ1v) is 11.6. The molecule has 0 N–H and O–H groups in total. The number of ether oxygens (including phenoxy) is 1.